The van der Waals surface area contributed by atoms with Gasteiger partial charge >= 0.3 is 0 Å². The van der Waals surface area contributed by atoms with Crippen molar-refractivity contribution in [1.29, 1.82) is 0 Å². The van der Waals surface area contributed by atoms with E-state index < -0.39 is 10.0 Å². The lowest BCUT2D eigenvalue weighted by Crippen LogP contribution is -2.30. The van der Waals surface area contributed by atoms with Crippen LogP contribution in [0.5, 0.6) is 0 Å². The summed E-state index contributed by atoms with van der Waals surface area (Å²) in [5.41, 5.74) is 1.65. The van der Waals surface area contributed by atoms with E-state index in [1.165, 1.54) is 10.4 Å². The Kier molecular flexibility index (Phi) is 4.69. The van der Waals surface area contributed by atoms with E-state index in [1.54, 1.807) is 26.1 Å². The van der Waals surface area contributed by atoms with E-state index in [0.717, 1.165) is 5.56 Å². The summed E-state index contributed by atoms with van der Waals surface area (Å²) in [5.74, 6) is 0.594. The lowest BCUT2D eigenvalue weighted by atomic mass is 10.2. The maximum atomic E-state index is 12.7. The van der Waals surface area contributed by atoms with Crippen molar-refractivity contribution in [3.63, 3.8) is 0 Å². The van der Waals surface area contributed by atoms with E-state index in [4.69, 9.17) is 4.42 Å². The maximum Gasteiger partial charge on any atom is 0.297 e. The molecular weight excluding hydrogens is 288 g/mol. The van der Waals surface area contributed by atoms with E-state index in [1.807, 2.05) is 25.1 Å². The van der Waals surface area contributed by atoms with Gasteiger partial charge in [-0.05, 0) is 50.7 Å². The summed E-state index contributed by atoms with van der Waals surface area (Å²) >= 11 is 0. The quantitative estimate of drug-likeness (QED) is 0.890. The molecule has 0 spiro atoms. The molecule has 0 saturated carbocycles. The van der Waals surface area contributed by atoms with Gasteiger partial charge in [-0.2, -0.15) is 8.42 Å². The SMILES string of the molecule is CCN(c1cccc(C)c1)S(=O)(=O)c1ccc(CNC)o1. The first-order chi connectivity index (χ1) is 9.98. The monoisotopic (exact) mass is 308 g/mol. The molecule has 0 saturated heterocycles. The molecule has 0 atom stereocenters. The Balaban J connectivity index is 2.39. The largest absolute Gasteiger partial charge is 0.446 e. The summed E-state index contributed by atoms with van der Waals surface area (Å²) in [6.07, 6.45) is 0. The minimum Gasteiger partial charge on any atom is -0.446 e. The van der Waals surface area contributed by atoms with E-state index in [2.05, 4.69) is 5.32 Å². The zero-order chi connectivity index (χ0) is 15.5. The minimum absolute atomic E-state index is 0.0314. The third-order valence-electron chi connectivity index (χ3n) is 3.11. The minimum atomic E-state index is -3.68. The first-order valence-corrected chi connectivity index (χ1v) is 8.25. The molecule has 0 radical (unpaired) electrons. The van der Waals surface area contributed by atoms with Gasteiger partial charge in [0.2, 0.25) is 5.09 Å². The normalized spacial score (nSPS) is 11.6. The van der Waals surface area contributed by atoms with Crippen LogP contribution < -0.4 is 9.62 Å². The van der Waals surface area contributed by atoms with Crippen LogP contribution in [0.2, 0.25) is 0 Å². The average Bonchev–Trinajstić information content (AvgIpc) is 2.89. The highest BCUT2D eigenvalue weighted by Gasteiger charge is 2.27. The molecule has 1 aromatic carbocycles. The van der Waals surface area contributed by atoms with Gasteiger partial charge in [0.25, 0.3) is 10.0 Å². The molecule has 0 aliphatic rings. The molecule has 0 unspecified atom stereocenters. The van der Waals surface area contributed by atoms with Gasteiger partial charge < -0.3 is 9.73 Å². The topological polar surface area (TPSA) is 62.6 Å². The van der Waals surface area contributed by atoms with E-state index in [9.17, 15) is 8.42 Å². The summed E-state index contributed by atoms with van der Waals surface area (Å²) < 4.78 is 32.2. The lowest BCUT2D eigenvalue weighted by molar-refractivity contribution is 0.406. The zero-order valence-corrected chi connectivity index (χ0v) is 13.3. The number of nitrogens with one attached hydrogen (secondary N) is 1. The standard InChI is InChI=1S/C15H20N2O3S/c1-4-17(13-7-5-6-12(2)10-13)21(18,19)15-9-8-14(20-15)11-16-3/h5-10,16H,4,11H2,1-3H3. The number of benzene rings is 1. The molecule has 0 aliphatic carbocycles. The summed E-state index contributed by atoms with van der Waals surface area (Å²) in [6, 6.07) is 10.6. The second-order valence-electron chi connectivity index (χ2n) is 4.76. The molecule has 114 valence electrons. The predicted molar refractivity (Wildman–Crippen MR) is 82.9 cm³/mol. The van der Waals surface area contributed by atoms with Crippen LogP contribution in [0.25, 0.3) is 0 Å². The fourth-order valence-corrected chi connectivity index (χ4v) is 3.55. The summed E-state index contributed by atoms with van der Waals surface area (Å²) in [7, 11) is -1.90. The fraction of sp³-hybridized carbons (Fsp3) is 0.333. The number of aryl methyl sites for hydroxylation is 1. The Hall–Kier alpha value is -1.79. The van der Waals surface area contributed by atoms with Gasteiger partial charge in [-0.1, -0.05) is 12.1 Å². The van der Waals surface area contributed by atoms with E-state index in [-0.39, 0.29) is 5.09 Å². The molecule has 1 heterocycles. The third-order valence-corrected chi connectivity index (χ3v) is 4.89. The fourth-order valence-electron chi connectivity index (χ4n) is 2.15. The highest BCUT2D eigenvalue weighted by molar-refractivity contribution is 7.92. The molecule has 6 heteroatoms. The van der Waals surface area contributed by atoms with Crippen LogP contribution >= 0.6 is 0 Å². The van der Waals surface area contributed by atoms with Crippen LogP contribution in [0.1, 0.15) is 18.2 Å². The summed E-state index contributed by atoms with van der Waals surface area (Å²) in [6.45, 7) is 4.57. The molecular formula is C15H20N2O3S. The first kappa shape index (κ1) is 15.6. The number of nitrogens with zero attached hydrogens (tertiary/aromatic N) is 1. The van der Waals surface area contributed by atoms with Crippen molar-refractivity contribution in [2.24, 2.45) is 0 Å². The molecule has 1 N–H and O–H groups in total. The second kappa shape index (κ2) is 6.32. The number of rotatable bonds is 6. The molecule has 0 aliphatic heterocycles. The van der Waals surface area contributed by atoms with Gasteiger partial charge in [0.05, 0.1) is 12.2 Å². The van der Waals surface area contributed by atoms with Crippen molar-refractivity contribution < 1.29 is 12.8 Å². The number of anilines is 1. The van der Waals surface area contributed by atoms with Crippen molar-refractivity contribution in [3.05, 3.63) is 47.7 Å². The van der Waals surface area contributed by atoms with Crippen LogP contribution in [0.3, 0.4) is 0 Å². The van der Waals surface area contributed by atoms with Crippen LogP contribution in [0.4, 0.5) is 5.69 Å². The smallest absolute Gasteiger partial charge is 0.297 e. The highest BCUT2D eigenvalue weighted by atomic mass is 32.2. The molecule has 1 aromatic heterocycles. The Bertz CT molecular complexity index is 707. The Morgan fingerprint density at radius 1 is 1.24 bits per heavy atom. The molecule has 2 rings (SSSR count). The van der Waals surface area contributed by atoms with Crippen LogP contribution in [-0.4, -0.2) is 22.0 Å². The van der Waals surface area contributed by atoms with E-state index >= 15 is 0 Å². The first-order valence-electron chi connectivity index (χ1n) is 6.81. The summed E-state index contributed by atoms with van der Waals surface area (Å²) in [5, 5.41) is 2.90. The van der Waals surface area contributed by atoms with Crippen LogP contribution in [-0.2, 0) is 16.6 Å². The Morgan fingerprint density at radius 2 is 2.00 bits per heavy atom. The number of hydrogen-bond donors (Lipinski definition) is 1. The van der Waals surface area contributed by atoms with E-state index in [0.29, 0.717) is 24.5 Å². The van der Waals surface area contributed by atoms with Crippen molar-refractivity contribution >= 4 is 15.7 Å². The third kappa shape index (κ3) is 3.28. The van der Waals surface area contributed by atoms with Gasteiger partial charge in [0, 0.05) is 6.54 Å². The van der Waals surface area contributed by atoms with Crippen molar-refractivity contribution in [2.45, 2.75) is 25.5 Å². The second-order valence-corrected chi connectivity index (χ2v) is 6.55. The van der Waals surface area contributed by atoms with Gasteiger partial charge in [-0.15, -0.1) is 0 Å². The van der Waals surface area contributed by atoms with Crippen LogP contribution in [0.15, 0.2) is 45.9 Å². The maximum absolute atomic E-state index is 12.7. The van der Waals surface area contributed by atoms with Gasteiger partial charge in [0.1, 0.15) is 5.76 Å². The van der Waals surface area contributed by atoms with Crippen molar-refractivity contribution in [3.8, 4) is 0 Å². The number of sulfonamides is 1. The molecule has 0 amide bonds. The predicted octanol–water partition coefficient (Wildman–Crippen LogP) is 2.52. The number of hydrogen-bond acceptors (Lipinski definition) is 4. The lowest BCUT2D eigenvalue weighted by Gasteiger charge is -2.21. The molecule has 21 heavy (non-hydrogen) atoms. The average molecular weight is 308 g/mol. The van der Waals surface area contributed by atoms with Gasteiger partial charge in [0.15, 0.2) is 0 Å². The van der Waals surface area contributed by atoms with Gasteiger partial charge in [-0.25, -0.2) is 0 Å². The Morgan fingerprint density at radius 3 is 2.62 bits per heavy atom. The van der Waals surface area contributed by atoms with Crippen molar-refractivity contribution in [2.75, 3.05) is 17.9 Å². The molecule has 0 bridgehead atoms. The van der Waals surface area contributed by atoms with Crippen molar-refractivity contribution in [1.82, 2.24) is 5.32 Å². The Labute approximate surface area is 125 Å². The molecule has 0 fully saturated rings. The van der Waals surface area contributed by atoms with Crippen LogP contribution in [0, 0.1) is 6.92 Å². The molecule has 2 aromatic rings. The highest BCUT2D eigenvalue weighted by Crippen LogP contribution is 2.25. The number of furan rings is 1. The molecule has 5 nitrogen and oxygen atoms in total. The summed E-state index contributed by atoms with van der Waals surface area (Å²) in [4.78, 5) is 0. The zero-order valence-electron chi connectivity index (χ0n) is 12.5. The van der Waals surface area contributed by atoms with Gasteiger partial charge in [-0.3, -0.25) is 4.31 Å².